The Kier molecular flexibility index (Phi) is 7.57. The van der Waals surface area contributed by atoms with Crippen molar-refractivity contribution in [3.05, 3.63) is 64.2 Å². The summed E-state index contributed by atoms with van der Waals surface area (Å²) in [5.41, 5.74) is 6.37. The predicted octanol–water partition coefficient (Wildman–Crippen LogP) is 4.67. The van der Waals surface area contributed by atoms with Crippen molar-refractivity contribution in [3.63, 3.8) is 0 Å². The molecule has 1 aliphatic heterocycles. The minimum absolute atomic E-state index is 0.106. The predicted molar refractivity (Wildman–Crippen MR) is 133 cm³/mol. The fraction of sp³-hybridized carbons (Fsp3) is 0.444. The van der Waals surface area contributed by atoms with Gasteiger partial charge in [-0.3, -0.25) is 9.79 Å². The van der Waals surface area contributed by atoms with E-state index in [1.807, 2.05) is 0 Å². The minimum atomic E-state index is -0.366. The van der Waals surface area contributed by atoms with Gasteiger partial charge in [-0.1, -0.05) is 32.9 Å². The van der Waals surface area contributed by atoms with Gasteiger partial charge in [-0.15, -0.1) is 0 Å². The number of esters is 1. The summed E-state index contributed by atoms with van der Waals surface area (Å²) < 4.78 is 4.99. The van der Waals surface area contributed by atoms with Crippen LogP contribution < -0.4 is 5.32 Å². The normalized spacial score (nSPS) is 13.6. The Labute approximate surface area is 197 Å². The zero-order valence-corrected chi connectivity index (χ0v) is 20.6. The van der Waals surface area contributed by atoms with Gasteiger partial charge in [0.1, 0.15) is 5.84 Å². The first-order valence-electron chi connectivity index (χ1n) is 11.5. The fourth-order valence-electron chi connectivity index (χ4n) is 4.01. The number of carbonyl (C=O) groups is 2. The van der Waals surface area contributed by atoms with Crippen LogP contribution in [0.2, 0.25) is 0 Å². The highest BCUT2D eigenvalue weighted by Crippen LogP contribution is 2.27. The Morgan fingerprint density at radius 1 is 1.09 bits per heavy atom. The van der Waals surface area contributed by atoms with Crippen molar-refractivity contribution in [2.45, 2.75) is 53.4 Å². The Bertz CT molecular complexity index is 1030. The number of nitrogens with zero attached hydrogens (tertiary/aromatic N) is 2. The molecule has 6 heteroatoms. The second kappa shape index (κ2) is 10.2. The first kappa shape index (κ1) is 24.5. The van der Waals surface area contributed by atoms with Crippen molar-refractivity contribution in [3.8, 4) is 0 Å². The number of aliphatic imine (C=N–C) groups is 1. The molecule has 0 aliphatic carbocycles. The van der Waals surface area contributed by atoms with Gasteiger partial charge in [0.2, 0.25) is 5.91 Å². The first-order valence-corrected chi connectivity index (χ1v) is 11.5. The summed E-state index contributed by atoms with van der Waals surface area (Å²) >= 11 is 0. The molecular weight excluding hydrogens is 414 g/mol. The monoisotopic (exact) mass is 449 g/mol. The maximum absolute atomic E-state index is 12.7. The lowest BCUT2D eigenvalue weighted by Crippen LogP contribution is -2.37. The lowest BCUT2D eigenvalue weighted by Gasteiger charge is -2.24. The maximum Gasteiger partial charge on any atom is 0.338 e. The molecule has 0 atom stereocenters. The van der Waals surface area contributed by atoms with E-state index in [1.54, 1.807) is 31.2 Å². The summed E-state index contributed by atoms with van der Waals surface area (Å²) in [6.07, 6.45) is 0.726. The maximum atomic E-state index is 12.7. The molecule has 2 aromatic carbocycles. The number of carbonyl (C=O) groups excluding carboxylic acids is 2. The smallest absolute Gasteiger partial charge is 0.338 e. The van der Waals surface area contributed by atoms with E-state index < -0.39 is 0 Å². The van der Waals surface area contributed by atoms with Crippen molar-refractivity contribution in [1.82, 2.24) is 4.90 Å². The van der Waals surface area contributed by atoms with Crippen molar-refractivity contribution >= 4 is 23.4 Å². The number of anilines is 1. The van der Waals surface area contributed by atoms with E-state index in [-0.39, 0.29) is 23.8 Å². The Balaban J connectivity index is 1.63. The average Bonchev–Trinajstić information content (AvgIpc) is 3.17. The third-order valence-electron chi connectivity index (χ3n) is 5.94. The molecule has 0 aromatic heterocycles. The van der Waals surface area contributed by atoms with Gasteiger partial charge in [-0.05, 0) is 72.7 Å². The van der Waals surface area contributed by atoms with Crippen LogP contribution in [0.15, 0.2) is 41.4 Å². The van der Waals surface area contributed by atoms with E-state index in [0.29, 0.717) is 24.4 Å². The van der Waals surface area contributed by atoms with Gasteiger partial charge < -0.3 is 15.0 Å². The number of amidine groups is 1. The molecule has 176 valence electrons. The molecule has 0 spiro atoms. The van der Waals surface area contributed by atoms with Crippen LogP contribution in [0.3, 0.4) is 0 Å². The van der Waals surface area contributed by atoms with Gasteiger partial charge in [-0.25, -0.2) is 4.79 Å². The van der Waals surface area contributed by atoms with Crippen LogP contribution in [0.1, 0.15) is 60.3 Å². The summed E-state index contributed by atoms with van der Waals surface area (Å²) in [5.74, 6) is 0.483. The molecule has 2 aromatic rings. The summed E-state index contributed by atoms with van der Waals surface area (Å²) in [6, 6.07) is 11.3. The van der Waals surface area contributed by atoms with Crippen LogP contribution in [0.4, 0.5) is 5.69 Å². The molecule has 0 fully saturated rings. The molecule has 1 N–H and O–H groups in total. The van der Waals surface area contributed by atoms with Gasteiger partial charge in [0.15, 0.2) is 0 Å². The highest BCUT2D eigenvalue weighted by atomic mass is 16.5. The van der Waals surface area contributed by atoms with Crippen molar-refractivity contribution in [2.24, 2.45) is 4.99 Å². The molecule has 1 amide bonds. The number of rotatable bonds is 7. The largest absolute Gasteiger partial charge is 0.462 e. The van der Waals surface area contributed by atoms with Crippen molar-refractivity contribution in [2.75, 3.05) is 31.6 Å². The van der Waals surface area contributed by atoms with E-state index >= 15 is 0 Å². The van der Waals surface area contributed by atoms with Crippen LogP contribution in [0, 0.1) is 13.8 Å². The molecule has 0 bridgehead atoms. The van der Waals surface area contributed by atoms with Gasteiger partial charge >= 0.3 is 5.97 Å². The molecule has 1 heterocycles. The second-order valence-corrected chi connectivity index (χ2v) is 9.58. The number of hydrogen-bond donors (Lipinski definition) is 1. The number of benzene rings is 2. The minimum Gasteiger partial charge on any atom is -0.462 e. The van der Waals surface area contributed by atoms with Crippen LogP contribution in [0.25, 0.3) is 0 Å². The van der Waals surface area contributed by atoms with Crippen LogP contribution >= 0.6 is 0 Å². The van der Waals surface area contributed by atoms with E-state index in [1.165, 1.54) is 22.3 Å². The lowest BCUT2D eigenvalue weighted by atomic mass is 9.83. The number of amides is 1. The van der Waals surface area contributed by atoms with Crippen LogP contribution in [0.5, 0.6) is 0 Å². The average molecular weight is 450 g/mol. The van der Waals surface area contributed by atoms with Gasteiger partial charge in [-0.2, -0.15) is 0 Å². The topological polar surface area (TPSA) is 71.0 Å². The molecule has 0 radical (unpaired) electrons. The molecule has 33 heavy (non-hydrogen) atoms. The first-order chi connectivity index (χ1) is 15.6. The Morgan fingerprint density at radius 3 is 2.30 bits per heavy atom. The van der Waals surface area contributed by atoms with Gasteiger partial charge in [0.25, 0.3) is 0 Å². The third kappa shape index (κ3) is 6.21. The molecule has 0 saturated carbocycles. The van der Waals surface area contributed by atoms with Gasteiger partial charge in [0, 0.05) is 18.7 Å². The van der Waals surface area contributed by atoms with E-state index in [2.05, 4.69) is 62.0 Å². The highest BCUT2D eigenvalue weighted by molar-refractivity contribution is 5.97. The standard InChI is InChI=1S/C27H35N3O3/c1-7-33-26(32)20-8-10-22(11-9-20)29-25(31)17-30-13-12-28-24(30)16-23-18(2)14-21(15-19(23)3)27(4,5)6/h8-11,14-15H,7,12-13,16-17H2,1-6H3,(H,29,31). The molecule has 6 nitrogen and oxygen atoms in total. The third-order valence-corrected chi connectivity index (χ3v) is 5.94. The van der Waals surface area contributed by atoms with E-state index in [9.17, 15) is 9.59 Å². The molecule has 0 unspecified atom stereocenters. The highest BCUT2D eigenvalue weighted by Gasteiger charge is 2.23. The summed E-state index contributed by atoms with van der Waals surface area (Å²) in [6.45, 7) is 14.8. The molecule has 0 saturated heterocycles. The summed E-state index contributed by atoms with van der Waals surface area (Å²) in [4.78, 5) is 31.2. The van der Waals surface area contributed by atoms with Crippen LogP contribution in [-0.2, 0) is 21.4 Å². The zero-order chi connectivity index (χ0) is 24.2. The number of aryl methyl sites for hydroxylation is 2. The molecule has 1 aliphatic rings. The molecule has 3 rings (SSSR count). The second-order valence-electron chi connectivity index (χ2n) is 9.58. The van der Waals surface area contributed by atoms with Crippen molar-refractivity contribution in [1.29, 1.82) is 0 Å². The fourth-order valence-corrected chi connectivity index (χ4v) is 4.01. The number of hydrogen-bond acceptors (Lipinski definition) is 5. The van der Waals surface area contributed by atoms with Crippen LogP contribution in [-0.4, -0.2) is 48.9 Å². The van der Waals surface area contributed by atoms with Gasteiger partial charge in [0.05, 0.1) is 25.3 Å². The zero-order valence-electron chi connectivity index (χ0n) is 20.6. The Morgan fingerprint density at radius 2 is 1.73 bits per heavy atom. The van der Waals surface area contributed by atoms with E-state index in [0.717, 1.165) is 18.8 Å². The SMILES string of the molecule is CCOC(=O)c1ccc(NC(=O)CN2CCN=C2Cc2c(C)cc(C(C)(C)C)cc2C)cc1. The quantitative estimate of drug-likeness (QED) is 0.624. The summed E-state index contributed by atoms with van der Waals surface area (Å²) in [7, 11) is 0. The lowest BCUT2D eigenvalue weighted by molar-refractivity contribution is -0.116. The summed E-state index contributed by atoms with van der Waals surface area (Å²) in [5, 5.41) is 2.91. The number of nitrogens with one attached hydrogen (secondary N) is 1. The molecular formula is C27H35N3O3. The number of ether oxygens (including phenoxy) is 1. The van der Waals surface area contributed by atoms with Crippen molar-refractivity contribution < 1.29 is 14.3 Å². The van der Waals surface area contributed by atoms with E-state index in [4.69, 9.17) is 4.74 Å². The Hall–Kier alpha value is -3.15.